The first kappa shape index (κ1) is 17.0. The highest BCUT2D eigenvalue weighted by Crippen LogP contribution is 2.06. The third kappa shape index (κ3) is 8.17. The molecule has 1 aliphatic rings. The van der Waals surface area contributed by atoms with Gasteiger partial charge in [-0.3, -0.25) is 0 Å². The summed E-state index contributed by atoms with van der Waals surface area (Å²) in [7, 11) is 2.11. The van der Waals surface area contributed by atoms with Crippen LogP contribution in [0.2, 0.25) is 0 Å². The van der Waals surface area contributed by atoms with E-state index in [1.165, 1.54) is 32.2 Å². The predicted octanol–water partition coefficient (Wildman–Crippen LogP) is 3.23. The average Bonchev–Trinajstić information content (AvgIpc) is 2.99. The Hall–Kier alpha value is -0.970. The third-order valence-corrected chi connectivity index (χ3v) is 2.64. The molecule has 1 aromatic heterocycles. The molecule has 0 radical (unpaired) electrons. The van der Waals surface area contributed by atoms with E-state index in [9.17, 15) is 0 Å². The van der Waals surface area contributed by atoms with Crippen LogP contribution in [0.5, 0.6) is 0 Å². The predicted molar refractivity (Wildman–Crippen MR) is 81.5 cm³/mol. The second-order valence-corrected chi connectivity index (χ2v) is 4.33. The molecule has 104 valence electrons. The second kappa shape index (κ2) is 11.1. The lowest BCUT2D eigenvalue weighted by Crippen LogP contribution is -2.23. The molecule has 1 N–H and O–H groups in total. The summed E-state index contributed by atoms with van der Waals surface area (Å²) in [5.74, 6) is 0. The van der Waals surface area contributed by atoms with Crippen LogP contribution >= 0.6 is 17.0 Å². The van der Waals surface area contributed by atoms with E-state index in [0.29, 0.717) is 0 Å². The monoisotopic (exact) mass is 316 g/mol. The van der Waals surface area contributed by atoms with Gasteiger partial charge in [0.15, 0.2) is 0 Å². The lowest BCUT2D eigenvalue weighted by atomic mass is 10.2. The van der Waals surface area contributed by atoms with Crippen molar-refractivity contribution in [3.8, 4) is 0 Å². The van der Waals surface area contributed by atoms with E-state index in [2.05, 4.69) is 46.1 Å². The summed E-state index contributed by atoms with van der Waals surface area (Å²) in [5, 5.41) is 0. The summed E-state index contributed by atoms with van der Waals surface area (Å²) in [6, 6.07) is 0. The molecule has 4 nitrogen and oxygen atoms in total. The molecular weight excluding hydrogens is 292 g/mol. The SMILES string of the molecule is Br.CCCCCCN1C=CN(C)C1.c1c[nH]cn1. The number of aromatic nitrogens is 2. The van der Waals surface area contributed by atoms with Crippen LogP contribution in [0.1, 0.15) is 32.6 Å². The summed E-state index contributed by atoms with van der Waals surface area (Å²) < 4.78 is 0. The highest BCUT2D eigenvalue weighted by atomic mass is 79.9. The number of aromatic amines is 1. The van der Waals surface area contributed by atoms with Gasteiger partial charge in [-0.2, -0.15) is 0 Å². The maximum Gasteiger partial charge on any atom is 0.0919 e. The standard InChI is InChI=1S/C10H20N2.C3H4N2.BrH/c1-3-4-5-6-7-12-9-8-11(2)10-12;1-2-5-3-4-1;/h8-9H,3-7,10H2,1-2H3;1-3H,(H,4,5);1H. The van der Waals surface area contributed by atoms with Gasteiger partial charge in [-0.25, -0.2) is 4.98 Å². The van der Waals surface area contributed by atoms with E-state index >= 15 is 0 Å². The van der Waals surface area contributed by atoms with Crippen molar-refractivity contribution in [3.63, 3.8) is 0 Å². The van der Waals surface area contributed by atoms with Gasteiger partial charge in [0, 0.05) is 38.4 Å². The quantitative estimate of drug-likeness (QED) is 0.847. The Kier molecular flexibility index (Phi) is 10.5. The van der Waals surface area contributed by atoms with E-state index in [-0.39, 0.29) is 17.0 Å². The highest BCUT2D eigenvalue weighted by molar-refractivity contribution is 8.93. The number of rotatable bonds is 5. The number of unbranched alkanes of at least 4 members (excludes halogenated alkanes) is 3. The van der Waals surface area contributed by atoms with Crippen LogP contribution in [-0.2, 0) is 0 Å². The Bertz CT molecular complexity index is 270. The zero-order chi connectivity index (χ0) is 12.3. The summed E-state index contributed by atoms with van der Waals surface area (Å²) in [4.78, 5) is 11.0. The lowest BCUT2D eigenvalue weighted by Gasteiger charge is -2.17. The normalized spacial score (nSPS) is 13.0. The minimum atomic E-state index is 0. The van der Waals surface area contributed by atoms with Gasteiger partial charge in [-0.15, -0.1) is 17.0 Å². The molecule has 0 amide bonds. The minimum absolute atomic E-state index is 0. The lowest BCUT2D eigenvalue weighted by molar-refractivity contribution is 0.291. The van der Waals surface area contributed by atoms with Crippen LogP contribution in [0, 0.1) is 0 Å². The highest BCUT2D eigenvalue weighted by Gasteiger charge is 2.06. The van der Waals surface area contributed by atoms with Crippen LogP contribution in [0.4, 0.5) is 0 Å². The van der Waals surface area contributed by atoms with Gasteiger partial charge in [0.1, 0.15) is 0 Å². The molecule has 0 unspecified atom stereocenters. The van der Waals surface area contributed by atoms with E-state index in [1.54, 1.807) is 18.7 Å². The van der Waals surface area contributed by atoms with Crippen LogP contribution in [-0.4, -0.2) is 40.0 Å². The van der Waals surface area contributed by atoms with Gasteiger partial charge in [0.05, 0.1) is 13.0 Å². The molecule has 0 aromatic carbocycles. The maximum atomic E-state index is 3.67. The number of nitrogens with one attached hydrogen (secondary N) is 1. The molecule has 0 spiro atoms. The second-order valence-electron chi connectivity index (χ2n) is 4.33. The fraction of sp³-hybridized carbons (Fsp3) is 0.615. The molecule has 2 rings (SSSR count). The van der Waals surface area contributed by atoms with Crippen molar-refractivity contribution in [3.05, 3.63) is 31.1 Å². The van der Waals surface area contributed by atoms with Crippen molar-refractivity contribution >= 4 is 17.0 Å². The Morgan fingerprint density at radius 1 is 1.22 bits per heavy atom. The van der Waals surface area contributed by atoms with Gasteiger partial charge in [0.2, 0.25) is 0 Å². The Morgan fingerprint density at radius 2 is 2.06 bits per heavy atom. The molecule has 0 fully saturated rings. The molecule has 1 aromatic rings. The summed E-state index contributed by atoms with van der Waals surface area (Å²) in [6.45, 7) is 4.55. The van der Waals surface area contributed by atoms with E-state index in [4.69, 9.17) is 0 Å². The summed E-state index contributed by atoms with van der Waals surface area (Å²) in [5.41, 5.74) is 0. The smallest absolute Gasteiger partial charge is 0.0919 e. The van der Waals surface area contributed by atoms with Crippen molar-refractivity contribution in [1.82, 2.24) is 19.8 Å². The van der Waals surface area contributed by atoms with Crippen LogP contribution < -0.4 is 0 Å². The molecule has 0 saturated carbocycles. The van der Waals surface area contributed by atoms with Gasteiger partial charge >= 0.3 is 0 Å². The van der Waals surface area contributed by atoms with Gasteiger partial charge in [0.25, 0.3) is 0 Å². The van der Waals surface area contributed by atoms with Crippen molar-refractivity contribution in [2.24, 2.45) is 0 Å². The largest absolute Gasteiger partial charge is 0.362 e. The Balaban J connectivity index is 0.000000405. The average molecular weight is 317 g/mol. The van der Waals surface area contributed by atoms with Crippen LogP contribution in [0.25, 0.3) is 0 Å². The zero-order valence-electron chi connectivity index (χ0n) is 11.4. The molecule has 0 bridgehead atoms. The maximum absolute atomic E-state index is 3.67. The fourth-order valence-electron chi connectivity index (χ4n) is 1.69. The number of hydrogen-bond donors (Lipinski definition) is 1. The summed E-state index contributed by atoms with van der Waals surface area (Å²) >= 11 is 0. The van der Waals surface area contributed by atoms with Gasteiger partial charge in [-0.05, 0) is 6.42 Å². The molecule has 0 saturated heterocycles. The Morgan fingerprint density at radius 3 is 2.50 bits per heavy atom. The van der Waals surface area contributed by atoms with Crippen molar-refractivity contribution in [2.45, 2.75) is 32.6 Å². The molecule has 2 heterocycles. The Labute approximate surface area is 121 Å². The molecular formula is C13H25BrN4. The third-order valence-electron chi connectivity index (χ3n) is 2.64. The zero-order valence-corrected chi connectivity index (χ0v) is 13.1. The van der Waals surface area contributed by atoms with Gasteiger partial charge in [-0.1, -0.05) is 26.2 Å². The number of hydrogen-bond acceptors (Lipinski definition) is 3. The minimum Gasteiger partial charge on any atom is -0.362 e. The first-order chi connectivity index (χ1) is 8.33. The van der Waals surface area contributed by atoms with E-state index in [0.717, 1.165) is 6.67 Å². The topological polar surface area (TPSA) is 35.2 Å². The van der Waals surface area contributed by atoms with Crippen LogP contribution in [0.15, 0.2) is 31.1 Å². The molecule has 1 aliphatic heterocycles. The number of nitrogens with zero attached hydrogens (tertiary/aromatic N) is 3. The van der Waals surface area contributed by atoms with E-state index < -0.39 is 0 Å². The first-order valence-corrected chi connectivity index (χ1v) is 6.38. The molecule has 0 aliphatic carbocycles. The van der Waals surface area contributed by atoms with Crippen molar-refractivity contribution in [2.75, 3.05) is 20.3 Å². The summed E-state index contributed by atoms with van der Waals surface area (Å²) in [6.07, 6.45) is 14.8. The fourth-order valence-corrected chi connectivity index (χ4v) is 1.69. The molecule has 18 heavy (non-hydrogen) atoms. The van der Waals surface area contributed by atoms with Crippen molar-refractivity contribution < 1.29 is 0 Å². The molecule has 5 heteroatoms. The van der Waals surface area contributed by atoms with Crippen molar-refractivity contribution in [1.29, 1.82) is 0 Å². The number of H-pyrrole nitrogens is 1. The first-order valence-electron chi connectivity index (χ1n) is 6.38. The molecule has 0 atom stereocenters. The number of halogens is 1. The van der Waals surface area contributed by atoms with E-state index in [1.807, 2.05) is 0 Å². The number of imidazole rings is 1. The van der Waals surface area contributed by atoms with Crippen LogP contribution in [0.3, 0.4) is 0 Å². The van der Waals surface area contributed by atoms with Gasteiger partial charge < -0.3 is 14.8 Å².